The van der Waals surface area contributed by atoms with Crippen LogP contribution in [0.15, 0.2) is 0 Å². The van der Waals surface area contributed by atoms with Crippen LogP contribution in [0.4, 0.5) is 0 Å². The van der Waals surface area contributed by atoms with Gasteiger partial charge in [-0.2, -0.15) is 11.8 Å². The van der Waals surface area contributed by atoms with Crippen LogP contribution in [0.3, 0.4) is 0 Å². The van der Waals surface area contributed by atoms with Crippen molar-refractivity contribution in [1.29, 1.82) is 0 Å². The fourth-order valence-corrected chi connectivity index (χ4v) is 3.60. The molecule has 0 bridgehead atoms. The number of hydrogen-bond acceptors (Lipinski definition) is 4. The lowest BCUT2D eigenvalue weighted by Crippen LogP contribution is -2.52. The number of rotatable bonds is 2. The van der Waals surface area contributed by atoms with Gasteiger partial charge in [0.05, 0.1) is 0 Å². The summed E-state index contributed by atoms with van der Waals surface area (Å²) in [6.45, 7) is 1.44. The number of carbonyl (C=O) groups is 1. The predicted octanol–water partition coefficient (Wildman–Crippen LogP) is 0.793. The molecule has 0 amide bonds. The van der Waals surface area contributed by atoms with Crippen LogP contribution in [-0.2, 0) is 4.79 Å². The van der Waals surface area contributed by atoms with Crippen molar-refractivity contribution in [3.63, 3.8) is 0 Å². The van der Waals surface area contributed by atoms with E-state index in [1.165, 1.54) is 24.3 Å². The monoisotopic (exact) mass is 245 g/mol. The Kier molecular flexibility index (Phi) is 3.77. The van der Waals surface area contributed by atoms with Crippen LogP contribution in [0, 0.1) is 0 Å². The fourth-order valence-electron chi connectivity index (χ4n) is 2.52. The summed E-state index contributed by atoms with van der Waals surface area (Å²) in [5, 5.41) is 18.8. The molecule has 0 atom stereocenters. The van der Waals surface area contributed by atoms with E-state index < -0.39 is 11.6 Å². The number of likely N-dealkylation sites (tertiary alicyclic amines) is 1. The van der Waals surface area contributed by atoms with Crippen molar-refractivity contribution in [2.75, 3.05) is 24.6 Å². The van der Waals surface area contributed by atoms with Gasteiger partial charge in [-0.05, 0) is 37.2 Å². The molecule has 0 aromatic rings. The van der Waals surface area contributed by atoms with Crippen LogP contribution >= 0.6 is 11.8 Å². The lowest BCUT2D eigenvalue weighted by molar-refractivity contribution is -0.164. The minimum atomic E-state index is -1.47. The maximum Gasteiger partial charge on any atom is 0.335 e. The number of piperidine rings is 1. The summed E-state index contributed by atoms with van der Waals surface area (Å²) in [6, 6.07) is 0.611. The molecular formula is C11H19NO3S. The Morgan fingerprint density at radius 3 is 2.31 bits per heavy atom. The summed E-state index contributed by atoms with van der Waals surface area (Å²) < 4.78 is 0. The normalized spacial score (nSPS) is 27.8. The number of aliphatic hydroxyl groups is 1. The number of carboxylic acids is 1. The second-order valence-electron chi connectivity index (χ2n) is 4.72. The minimum Gasteiger partial charge on any atom is -0.479 e. The molecule has 92 valence electrons. The molecule has 4 nitrogen and oxygen atoms in total. The first-order chi connectivity index (χ1) is 7.62. The van der Waals surface area contributed by atoms with E-state index in [4.69, 9.17) is 5.11 Å². The first kappa shape index (κ1) is 12.2. The first-order valence-electron chi connectivity index (χ1n) is 5.89. The number of carboxylic acid groups (broad SMARTS) is 1. The predicted molar refractivity (Wildman–Crippen MR) is 63.7 cm³/mol. The highest BCUT2D eigenvalue weighted by Gasteiger charge is 2.40. The molecule has 0 unspecified atom stereocenters. The third-order valence-corrected chi connectivity index (χ3v) is 4.78. The SMILES string of the molecule is O=C(O)C1(O)CCN(C2CCSCC2)CC1. The van der Waals surface area contributed by atoms with Gasteiger partial charge in [0.25, 0.3) is 0 Å². The van der Waals surface area contributed by atoms with Gasteiger partial charge in [0.2, 0.25) is 0 Å². The largest absolute Gasteiger partial charge is 0.479 e. The summed E-state index contributed by atoms with van der Waals surface area (Å²) in [5.74, 6) is 1.36. The zero-order valence-electron chi connectivity index (χ0n) is 9.39. The summed E-state index contributed by atoms with van der Waals surface area (Å²) >= 11 is 2.00. The van der Waals surface area contributed by atoms with E-state index in [0.717, 1.165) is 13.1 Å². The van der Waals surface area contributed by atoms with Crippen LogP contribution in [-0.4, -0.2) is 57.3 Å². The van der Waals surface area contributed by atoms with E-state index in [9.17, 15) is 9.90 Å². The average Bonchev–Trinajstić information content (AvgIpc) is 2.31. The van der Waals surface area contributed by atoms with E-state index in [1.807, 2.05) is 11.8 Å². The molecule has 0 aliphatic carbocycles. The van der Waals surface area contributed by atoms with Crippen molar-refractivity contribution in [2.45, 2.75) is 37.3 Å². The highest BCUT2D eigenvalue weighted by molar-refractivity contribution is 7.99. The van der Waals surface area contributed by atoms with E-state index >= 15 is 0 Å². The summed E-state index contributed by atoms with van der Waals surface area (Å²) in [5.41, 5.74) is -1.47. The molecule has 2 fully saturated rings. The van der Waals surface area contributed by atoms with Gasteiger partial charge in [0.1, 0.15) is 0 Å². The average molecular weight is 245 g/mol. The van der Waals surface area contributed by atoms with Crippen LogP contribution in [0.25, 0.3) is 0 Å². The van der Waals surface area contributed by atoms with Crippen molar-refractivity contribution < 1.29 is 15.0 Å². The molecule has 0 radical (unpaired) electrons. The Morgan fingerprint density at radius 1 is 1.25 bits per heavy atom. The highest BCUT2D eigenvalue weighted by Crippen LogP contribution is 2.28. The fraction of sp³-hybridized carbons (Fsp3) is 0.909. The van der Waals surface area contributed by atoms with Crippen molar-refractivity contribution in [3.05, 3.63) is 0 Å². The van der Waals surface area contributed by atoms with E-state index in [-0.39, 0.29) is 0 Å². The Morgan fingerprint density at radius 2 is 1.81 bits per heavy atom. The molecule has 0 aromatic carbocycles. The number of hydrogen-bond donors (Lipinski definition) is 2. The van der Waals surface area contributed by atoms with E-state index in [2.05, 4.69) is 4.90 Å². The molecule has 2 aliphatic heterocycles. The van der Waals surface area contributed by atoms with Gasteiger partial charge in [0.15, 0.2) is 5.60 Å². The van der Waals surface area contributed by atoms with E-state index in [1.54, 1.807) is 0 Å². The Balaban J connectivity index is 1.87. The second kappa shape index (κ2) is 4.94. The maximum absolute atomic E-state index is 10.9. The lowest BCUT2D eigenvalue weighted by Gasteiger charge is -2.41. The number of thioether (sulfide) groups is 1. The molecule has 0 spiro atoms. The van der Waals surface area contributed by atoms with E-state index in [0.29, 0.717) is 18.9 Å². The number of nitrogens with zero attached hydrogens (tertiary/aromatic N) is 1. The third-order valence-electron chi connectivity index (χ3n) is 3.73. The molecular weight excluding hydrogens is 226 g/mol. The second-order valence-corrected chi connectivity index (χ2v) is 5.94. The van der Waals surface area contributed by atoms with Gasteiger partial charge in [0, 0.05) is 19.1 Å². The molecule has 16 heavy (non-hydrogen) atoms. The maximum atomic E-state index is 10.9. The molecule has 5 heteroatoms. The molecule has 2 N–H and O–H groups in total. The Hall–Kier alpha value is -0.260. The smallest absolute Gasteiger partial charge is 0.335 e. The zero-order chi connectivity index (χ0) is 11.6. The Bertz CT molecular complexity index is 258. The van der Waals surface area contributed by atoms with Crippen molar-refractivity contribution in [3.8, 4) is 0 Å². The van der Waals surface area contributed by atoms with Crippen LogP contribution in [0.5, 0.6) is 0 Å². The zero-order valence-corrected chi connectivity index (χ0v) is 10.2. The van der Waals surface area contributed by atoms with Crippen molar-refractivity contribution in [2.24, 2.45) is 0 Å². The summed E-state index contributed by atoms with van der Waals surface area (Å²) in [7, 11) is 0. The molecule has 2 saturated heterocycles. The van der Waals surface area contributed by atoms with Gasteiger partial charge >= 0.3 is 5.97 Å². The van der Waals surface area contributed by atoms with Gasteiger partial charge in [-0.3, -0.25) is 0 Å². The van der Waals surface area contributed by atoms with Gasteiger partial charge in [-0.1, -0.05) is 0 Å². The van der Waals surface area contributed by atoms with Crippen molar-refractivity contribution in [1.82, 2.24) is 4.90 Å². The van der Waals surface area contributed by atoms with Gasteiger partial charge < -0.3 is 15.1 Å². The molecule has 2 aliphatic rings. The topological polar surface area (TPSA) is 60.8 Å². The Labute approximate surface area is 100 Å². The lowest BCUT2D eigenvalue weighted by atomic mass is 9.90. The quantitative estimate of drug-likeness (QED) is 0.753. The molecule has 2 heterocycles. The van der Waals surface area contributed by atoms with Crippen LogP contribution in [0.2, 0.25) is 0 Å². The minimum absolute atomic E-state index is 0.367. The molecule has 0 aromatic heterocycles. The van der Waals surface area contributed by atoms with Gasteiger partial charge in [-0.15, -0.1) is 0 Å². The number of aliphatic carboxylic acids is 1. The molecule has 2 rings (SSSR count). The van der Waals surface area contributed by atoms with Crippen LogP contribution < -0.4 is 0 Å². The standard InChI is InChI=1S/C11H19NO3S/c13-10(14)11(15)3-5-12(6-4-11)9-1-7-16-8-2-9/h9,15H,1-8H2,(H,13,14). The summed E-state index contributed by atoms with van der Waals surface area (Å²) in [6.07, 6.45) is 3.14. The van der Waals surface area contributed by atoms with Crippen LogP contribution in [0.1, 0.15) is 25.7 Å². The summed E-state index contributed by atoms with van der Waals surface area (Å²) in [4.78, 5) is 13.2. The third kappa shape index (κ3) is 2.52. The highest BCUT2D eigenvalue weighted by atomic mass is 32.2. The van der Waals surface area contributed by atoms with Gasteiger partial charge in [-0.25, -0.2) is 4.79 Å². The first-order valence-corrected chi connectivity index (χ1v) is 7.05. The molecule has 0 saturated carbocycles. The van der Waals surface area contributed by atoms with Crippen molar-refractivity contribution >= 4 is 17.7 Å².